The Hall–Kier alpha value is -6.59. The Balaban J connectivity index is 1.26. The van der Waals surface area contributed by atoms with Gasteiger partial charge in [-0.25, -0.2) is 9.98 Å². The number of amidine groups is 1. The first kappa shape index (κ1) is 26.6. The highest BCUT2D eigenvalue weighted by molar-refractivity contribution is 6.30. The molecule has 0 bridgehead atoms. The maximum Gasteiger partial charge on any atom is 0.159 e. The first-order valence-electron chi connectivity index (χ1n) is 16.1. The van der Waals surface area contributed by atoms with Gasteiger partial charge >= 0.3 is 0 Å². The molecule has 5 nitrogen and oxygen atoms in total. The average molecular weight is 614 g/mol. The van der Waals surface area contributed by atoms with Gasteiger partial charge in [-0.3, -0.25) is 5.41 Å². The molecular formula is C43H27N5. The zero-order chi connectivity index (χ0) is 31.8. The van der Waals surface area contributed by atoms with E-state index in [4.69, 9.17) is 9.98 Å². The van der Waals surface area contributed by atoms with Crippen molar-refractivity contribution >= 4 is 49.4 Å². The standard InChI is InChI=1S/C43H27N5/c44-42(47-43-41(27-12-2-1-3-13-27)45-33-20-7-8-21-34(33)46-43)32-17-6-9-22-35(32)48-36-23-11-19-31-29-16-5-4-15-28(29)30-18-10-14-26-24-25-37(48)40(38(26)30)39(31)36/h1-25H,(H2,44,46,47). The van der Waals surface area contributed by atoms with Gasteiger partial charge in [-0.1, -0.05) is 115 Å². The number of aromatic amines is 1. The molecule has 9 aromatic rings. The van der Waals surface area contributed by atoms with Crippen LogP contribution in [0.3, 0.4) is 0 Å². The lowest BCUT2D eigenvalue weighted by molar-refractivity contribution is 1.13. The molecule has 2 aromatic heterocycles. The molecule has 0 spiro atoms. The Morgan fingerprint density at radius 1 is 0.562 bits per heavy atom. The summed E-state index contributed by atoms with van der Waals surface area (Å²) in [4.78, 5) is 13.4. The van der Waals surface area contributed by atoms with Gasteiger partial charge in [-0.15, -0.1) is 0 Å². The lowest BCUT2D eigenvalue weighted by Crippen LogP contribution is -2.17. The molecule has 0 fully saturated rings. The summed E-state index contributed by atoms with van der Waals surface area (Å²) in [5.41, 5.74) is 12.7. The molecular weight excluding hydrogens is 587 g/mol. The number of rotatable bonds is 3. The minimum atomic E-state index is 0.154. The number of aromatic nitrogens is 3. The largest absolute Gasteiger partial charge is 0.337 e. The smallest absolute Gasteiger partial charge is 0.159 e. The lowest BCUT2D eigenvalue weighted by Gasteiger charge is -2.15. The predicted octanol–water partition coefficient (Wildman–Crippen LogP) is 10.1. The van der Waals surface area contributed by atoms with Crippen molar-refractivity contribution in [2.75, 3.05) is 0 Å². The van der Waals surface area contributed by atoms with Crippen molar-refractivity contribution in [2.24, 2.45) is 4.99 Å². The molecule has 0 atom stereocenters. The van der Waals surface area contributed by atoms with Gasteiger partial charge in [0.2, 0.25) is 0 Å². The van der Waals surface area contributed by atoms with E-state index in [0.29, 0.717) is 11.2 Å². The summed E-state index contributed by atoms with van der Waals surface area (Å²) < 4.78 is 2.32. The molecule has 2 N–H and O–H groups in total. The quantitative estimate of drug-likeness (QED) is 0.151. The van der Waals surface area contributed by atoms with E-state index in [9.17, 15) is 5.41 Å². The molecule has 0 amide bonds. The number of hydrogen-bond donors (Lipinski definition) is 2. The normalized spacial score (nSPS) is 12.4. The molecule has 0 radical (unpaired) electrons. The number of hydrogen-bond acceptors (Lipinski definition) is 2. The van der Waals surface area contributed by atoms with Crippen LogP contribution < -0.4 is 5.49 Å². The van der Waals surface area contributed by atoms with Crippen LogP contribution in [0.15, 0.2) is 157 Å². The fourth-order valence-corrected chi connectivity index (χ4v) is 7.54. The van der Waals surface area contributed by atoms with Crippen molar-refractivity contribution in [1.29, 1.82) is 5.41 Å². The van der Waals surface area contributed by atoms with Gasteiger partial charge in [0.25, 0.3) is 0 Å². The first-order chi connectivity index (χ1) is 23.7. The van der Waals surface area contributed by atoms with Crippen LogP contribution in [-0.4, -0.2) is 20.4 Å². The summed E-state index contributed by atoms with van der Waals surface area (Å²) in [6, 6.07) is 52.5. The van der Waals surface area contributed by atoms with Crippen molar-refractivity contribution < 1.29 is 0 Å². The van der Waals surface area contributed by atoms with Gasteiger partial charge in [0.05, 0.1) is 27.8 Å². The summed E-state index contributed by atoms with van der Waals surface area (Å²) in [6.07, 6.45) is 0. The van der Waals surface area contributed by atoms with Crippen molar-refractivity contribution in [3.05, 3.63) is 163 Å². The third-order valence-electron chi connectivity index (χ3n) is 9.59. The van der Waals surface area contributed by atoms with E-state index in [0.717, 1.165) is 38.9 Å². The van der Waals surface area contributed by atoms with Crippen LogP contribution in [0.5, 0.6) is 0 Å². The molecule has 1 aliphatic rings. The van der Waals surface area contributed by atoms with Crippen LogP contribution in [0.4, 0.5) is 0 Å². The number of H-pyrrole nitrogens is 1. The SMILES string of the molecule is N=C(N=c1[nH]c2ccccc2nc1-c1ccccc1)c1ccccc1-n1c2cccc3c2c2c4c(cccc4ccc21)-c1ccccc1-3. The zero-order valence-corrected chi connectivity index (χ0v) is 25.8. The van der Waals surface area contributed by atoms with E-state index in [1.165, 1.54) is 43.8 Å². The molecule has 10 rings (SSSR count). The van der Waals surface area contributed by atoms with E-state index in [2.05, 4.69) is 88.4 Å². The van der Waals surface area contributed by atoms with Crippen LogP contribution in [0.25, 0.3) is 82.8 Å². The maximum absolute atomic E-state index is 9.48. The second-order valence-electron chi connectivity index (χ2n) is 12.2. The highest BCUT2D eigenvalue weighted by atomic mass is 15.0. The van der Waals surface area contributed by atoms with Crippen LogP contribution in [0.1, 0.15) is 5.56 Å². The van der Waals surface area contributed by atoms with Crippen LogP contribution >= 0.6 is 0 Å². The summed E-state index contributed by atoms with van der Waals surface area (Å²) >= 11 is 0. The average Bonchev–Trinajstić information content (AvgIpc) is 3.43. The summed E-state index contributed by atoms with van der Waals surface area (Å²) in [7, 11) is 0. The fourth-order valence-electron chi connectivity index (χ4n) is 7.54. The van der Waals surface area contributed by atoms with E-state index < -0.39 is 0 Å². The van der Waals surface area contributed by atoms with Gasteiger partial charge in [-0.05, 0) is 69.4 Å². The molecule has 2 heterocycles. The monoisotopic (exact) mass is 613 g/mol. The van der Waals surface area contributed by atoms with E-state index in [1.807, 2.05) is 72.8 Å². The lowest BCUT2D eigenvalue weighted by atomic mass is 9.93. The number of nitrogens with zero attached hydrogens (tertiary/aromatic N) is 3. The van der Waals surface area contributed by atoms with Gasteiger partial charge in [0, 0.05) is 21.9 Å². The van der Waals surface area contributed by atoms with Crippen molar-refractivity contribution in [1.82, 2.24) is 14.5 Å². The van der Waals surface area contributed by atoms with Gasteiger partial charge in [0.15, 0.2) is 11.3 Å². The van der Waals surface area contributed by atoms with Crippen molar-refractivity contribution in [3.63, 3.8) is 0 Å². The Kier molecular flexibility index (Phi) is 5.66. The number of fused-ring (bicyclic) bond motifs is 4. The van der Waals surface area contributed by atoms with E-state index in [1.54, 1.807) is 0 Å². The minimum Gasteiger partial charge on any atom is -0.337 e. The summed E-state index contributed by atoms with van der Waals surface area (Å²) in [5.74, 6) is 0.154. The molecule has 0 saturated carbocycles. The first-order valence-corrected chi connectivity index (χ1v) is 16.1. The Bertz CT molecular complexity index is 2860. The van der Waals surface area contributed by atoms with Crippen molar-refractivity contribution in [3.8, 4) is 39.2 Å². The number of benzene rings is 7. The van der Waals surface area contributed by atoms with Gasteiger partial charge in [-0.2, -0.15) is 0 Å². The molecule has 0 aliphatic heterocycles. The molecule has 1 aliphatic carbocycles. The second-order valence-corrected chi connectivity index (χ2v) is 12.2. The van der Waals surface area contributed by atoms with Gasteiger partial charge in [0.1, 0.15) is 5.69 Å². The van der Waals surface area contributed by atoms with Gasteiger partial charge < -0.3 is 9.55 Å². The minimum absolute atomic E-state index is 0.154. The fraction of sp³-hybridized carbons (Fsp3) is 0. The van der Waals surface area contributed by atoms with Crippen molar-refractivity contribution in [2.45, 2.75) is 0 Å². The second kappa shape index (κ2) is 10.2. The number of para-hydroxylation sites is 3. The van der Waals surface area contributed by atoms with E-state index in [-0.39, 0.29) is 5.84 Å². The third kappa shape index (κ3) is 3.82. The summed E-state index contributed by atoms with van der Waals surface area (Å²) in [5, 5.41) is 14.4. The zero-order valence-electron chi connectivity index (χ0n) is 25.8. The molecule has 5 heteroatoms. The highest BCUT2D eigenvalue weighted by Crippen LogP contribution is 2.49. The topological polar surface area (TPSA) is 69.8 Å². The molecule has 224 valence electrons. The highest BCUT2D eigenvalue weighted by Gasteiger charge is 2.25. The molecule has 0 unspecified atom stereocenters. The Labute approximate surface area is 275 Å². The van der Waals surface area contributed by atoms with E-state index >= 15 is 0 Å². The molecule has 48 heavy (non-hydrogen) atoms. The summed E-state index contributed by atoms with van der Waals surface area (Å²) in [6.45, 7) is 0. The third-order valence-corrected chi connectivity index (χ3v) is 9.59. The Morgan fingerprint density at radius 3 is 2.08 bits per heavy atom. The van der Waals surface area contributed by atoms with Crippen LogP contribution in [0.2, 0.25) is 0 Å². The molecule has 0 saturated heterocycles. The Morgan fingerprint density at radius 2 is 1.23 bits per heavy atom. The number of nitrogens with one attached hydrogen (secondary N) is 2. The van der Waals surface area contributed by atoms with Crippen LogP contribution in [-0.2, 0) is 0 Å². The maximum atomic E-state index is 9.48. The van der Waals surface area contributed by atoms with Crippen LogP contribution in [0, 0.1) is 5.41 Å². The predicted molar refractivity (Wildman–Crippen MR) is 197 cm³/mol. The molecule has 7 aromatic carbocycles.